The largest absolute Gasteiger partial charge is 0.378 e. The van der Waals surface area contributed by atoms with E-state index in [0.717, 1.165) is 31.9 Å². The maximum atomic E-state index is 12.2. The number of ether oxygens (including phenoxy) is 1. The highest BCUT2D eigenvalue weighted by Crippen LogP contribution is 2.46. The maximum absolute atomic E-state index is 12.2. The van der Waals surface area contributed by atoms with Crippen LogP contribution in [-0.4, -0.2) is 56.9 Å². The van der Waals surface area contributed by atoms with Gasteiger partial charge in [0.05, 0.1) is 22.6 Å². The van der Waals surface area contributed by atoms with Gasteiger partial charge in [0.2, 0.25) is 0 Å². The fourth-order valence-corrected chi connectivity index (χ4v) is 4.42. The van der Waals surface area contributed by atoms with Gasteiger partial charge in [-0.2, -0.15) is 5.10 Å². The third-order valence-electron chi connectivity index (χ3n) is 3.77. The molecule has 0 aromatic carbocycles. The molecule has 6 heteroatoms. The van der Waals surface area contributed by atoms with E-state index in [4.69, 9.17) is 4.74 Å². The number of thioether (sulfide) groups is 1. The van der Waals surface area contributed by atoms with Crippen LogP contribution in [0.2, 0.25) is 0 Å². The van der Waals surface area contributed by atoms with E-state index in [1.54, 1.807) is 17.1 Å². The summed E-state index contributed by atoms with van der Waals surface area (Å²) >= 11 is 1.96. The summed E-state index contributed by atoms with van der Waals surface area (Å²) in [5, 5.41) is 4.05. The van der Waals surface area contributed by atoms with E-state index >= 15 is 0 Å². The Hall–Kier alpha value is -1.01. The molecule has 3 rings (SSSR count). The summed E-state index contributed by atoms with van der Waals surface area (Å²) in [5.41, 5.74) is 0.682. The number of hydrogen-bond donors (Lipinski definition) is 0. The van der Waals surface area contributed by atoms with Gasteiger partial charge >= 0.3 is 0 Å². The standard InChI is InChI=1S/C13H19N3O2S/c1-3-18-11-4-13(19-7-11)8-16(9-13)12(17)10-5-14-15(2)6-10/h5-6,11H,3-4,7-9H2,1-2H3/t11-/m0/s1. The van der Waals surface area contributed by atoms with E-state index in [-0.39, 0.29) is 10.7 Å². The van der Waals surface area contributed by atoms with Crippen molar-refractivity contribution in [2.45, 2.75) is 24.2 Å². The van der Waals surface area contributed by atoms with Gasteiger partial charge < -0.3 is 9.64 Å². The average molecular weight is 281 g/mol. The predicted molar refractivity (Wildman–Crippen MR) is 74.3 cm³/mol. The predicted octanol–water partition coefficient (Wildman–Crippen LogP) is 1.16. The van der Waals surface area contributed by atoms with Crippen LogP contribution < -0.4 is 0 Å². The van der Waals surface area contributed by atoms with Crippen molar-refractivity contribution in [2.75, 3.05) is 25.4 Å². The molecule has 2 aliphatic rings. The topological polar surface area (TPSA) is 47.4 Å². The van der Waals surface area contributed by atoms with Gasteiger partial charge in [-0.3, -0.25) is 9.48 Å². The van der Waals surface area contributed by atoms with Crippen LogP contribution in [0, 0.1) is 0 Å². The molecule has 0 saturated carbocycles. The molecule has 1 aromatic rings. The smallest absolute Gasteiger partial charge is 0.257 e. The molecular formula is C13H19N3O2S. The lowest BCUT2D eigenvalue weighted by Crippen LogP contribution is -2.60. The number of aromatic nitrogens is 2. The number of likely N-dealkylation sites (tertiary alicyclic amines) is 1. The highest BCUT2D eigenvalue weighted by molar-refractivity contribution is 8.01. The summed E-state index contributed by atoms with van der Waals surface area (Å²) in [6.07, 6.45) is 4.85. The third kappa shape index (κ3) is 2.39. The third-order valence-corrected chi connectivity index (χ3v) is 5.35. The molecule has 1 aromatic heterocycles. The number of aryl methyl sites for hydroxylation is 1. The van der Waals surface area contributed by atoms with Gasteiger partial charge in [-0.05, 0) is 13.3 Å². The molecule has 0 radical (unpaired) electrons. The number of nitrogens with zero attached hydrogens (tertiary/aromatic N) is 3. The zero-order chi connectivity index (χ0) is 13.5. The molecule has 1 atom stereocenters. The quantitative estimate of drug-likeness (QED) is 0.834. The van der Waals surface area contributed by atoms with Crippen LogP contribution in [0.25, 0.3) is 0 Å². The molecule has 5 nitrogen and oxygen atoms in total. The highest BCUT2D eigenvalue weighted by atomic mass is 32.2. The van der Waals surface area contributed by atoms with Gasteiger partial charge in [0.15, 0.2) is 0 Å². The Morgan fingerprint density at radius 1 is 1.63 bits per heavy atom. The summed E-state index contributed by atoms with van der Waals surface area (Å²) in [5.74, 6) is 1.15. The summed E-state index contributed by atoms with van der Waals surface area (Å²) in [6, 6.07) is 0. The van der Waals surface area contributed by atoms with Crippen molar-refractivity contribution in [1.82, 2.24) is 14.7 Å². The van der Waals surface area contributed by atoms with Crippen LogP contribution in [-0.2, 0) is 11.8 Å². The van der Waals surface area contributed by atoms with E-state index < -0.39 is 0 Å². The first kappa shape index (κ1) is 13.0. The molecule has 104 valence electrons. The zero-order valence-electron chi connectivity index (χ0n) is 11.3. The van der Waals surface area contributed by atoms with Gasteiger partial charge in [-0.15, -0.1) is 11.8 Å². The molecule has 0 unspecified atom stereocenters. The second kappa shape index (κ2) is 4.83. The van der Waals surface area contributed by atoms with Gasteiger partial charge in [0.25, 0.3) is 5.91 Å². The summed E-state index contributed by atoms with van der Waals surface area (Å²) < 4.78 is 7.59. The lowest BCUT2D eigenvalue weighted by Gasteiger charge is -2.47. The minimum absolute atomic E-state index is 0.0965. The van der Waals surface area contributed by atoms with E-state index in [9.17, 15) is 4.79 Å². The molecular weight excluding hydrogens is 262 g/mol. The molecule has 0 aliphatic carbocycles. The van der Waals surface area contributed by atoms with Crippen molar-refractivity contribution < 1.29 is 9.53 Å². The first-order valence-corrected chi connectivity index (χ1v) is 7.64. The molecule has 2 fully saturated rings. The molecule has 0 N–H and O–H groups in total. The number of rotatable bonds is 3. The van der Waals surface area contributed by atoms with Crippen molar-refractivity contribution >= 4 is 17.7 Å². The summed E-state index contributed by atoms with van der Waals surface area (Å²) in [6.45, 7) is 4.50. The van der Waals surface area contributed by atoms with Crippen LogP contribution >= 0.6 is 11.8 Å². The van der Waals surface area contributed by atoms with E-state index in [0.29, 0.717) is 11.7 Å². The average Bonchev–Trinajstić information content (AvgIpc) is 2.94. The first-order valence-electron chi connectivity index (χ1n) is 6.65. The van der Waals surface area contributed by atoms with Crippen LogP contribution in [0.15, 0.2) is 12.4 Å². The van der Waals surface area contributed by atoms with E-state index in [2.05, 4.69) is 5.10 Å². The molecule has 3 heterocycles. The van der Waals surface area contributed by atoms with Crippen LogP contribution in [0.1, 0.15) is 23.7 Å². The number of carbonyl (C=O) groups excluding carboxylic acids is 1. The molecule has 1 spiro atoms. The SMILES string of the molecule is CCO[C@@H]1CSC2(C1)CN(C(=O)c1cnn(C)c1)C2. The molecule has 2 saturated heterocycles. The Kier molecular flexibility index (Phi) is 3.30. The fraction of sp³-hybridized carbons (Fsp3) is 0.692. The molecule has 0 bridgehead atoms. The maximum Gasteiger partial charge on any atom is 0.257 e. The van der Waals surface area contributed by atoms with Crippen molar-refractivity contribution in [3.63, 3.8) is 0 Å². The lowest BCUT2D eigenvalue weighted by atomic mass is 9.92. The van der Waals surface area contributed by atoms with Gasteiger partial charge in [-0.25, -0.2) is 0 Å². The van der Waals surface area contributed by atoms with Gasteiger partial charge in [0, 0.05) is 38.7 Å². The Bertz CT molecular complexity index is 482. The van der Waals surface area contributed by atoms with Gasteiger partial charge in [0.1, 0.15) is 0 Å². The van der Waals surface area contributed by atoms with E-state index in [1.807, 2.05) is 30.6 Å². The van der Waals surface area contributed by atoms with E-state index in [1.165, 1.54) is 0 Å². The van der Waals surface area contributed by atoms with Crippen molar-refractivity contribution in [1.29, 1.82) is 0 Å². The molecule has 19 heavy (non-hydrogen) atoms. The van der Waals surface area contributed by atoms with Gasteiger partial charge in [-0.1, -0.05) is 0 Å². The zero-order valence-corrected chi connectivity index (χ0v) is 12.2. The second-order valence-corrected chi connectivity index (χ2v) is 6.83. The normalized spacial score (nSPS) is 24.7. The van der Waals surface area contributed by atoms with Crippen LogP contribution in [0.3, 0.4) is 0 Å². The fourth-order valence-electron chi connectivity index (χ4n) is 2.87. The molecule has 1 amide bonds. The number of amides is 1. The lowest BCUT2D eigenvalue weighted by molar-refractivity contribution is 0.0359. The monoisotopic (exact) mass is 281 g/mol. The Balaban J connectivity index is 1.57. The number of hydrogen-bond acceptors (Lipinski definition) is 4. The molecule has 2 aliphatic heterocycles. The van der Waals surface area contributed by atoms with Crippen LogP contribution in [0.4, 0.5) is 0 Å². The Labute approximate surface area is 117 Å². The highest BCUT2D eigenvalue weighted by Gasteiger charge is 2.50. The summed E-state index contributed by atoms with van der Waals surface area (Å²) in [4.78, 5) is 14.1. The van der Waals surface area contributed by atoms with Crippen molar-refractivity contribution in [2.24, 2.45) is 7.05 Å². The van der Waals surface area contributed by atoms with Crippen molar-refractivity contribution in [3.05, 3.63) is 18.0 Å². The van der Waals surface area contributed by atoms with Crippen LogP contribution in [0.5, 0.6) is 0 Å². The Morgan fingerprint density at radius 2 is 2.42 bits per heavy atom. The minimum Gasteiger partial charge on any atom is -0.378 e. The number of carbonyl (C=O) groups is 1. The summed E-state index contributed by atoms with van der Waals surface area (Å²) in [7, 11) is 1.83. The minimum atomic E-state index is 0.0965. The van der Waals surface area contributed by atoms with Crippen molar-refractivity contribution in [3.8, 4) is 0 Å². The first-order chi connectivity index (χ1) is 9.12. The Morgan fingerprint density at radius 3 is 3.05 bits per heavy atom. The second-order valence-electron chi connectivity index (χ2n) is 5.34.